The maximum atomic E-state index is 14.5. The lowest BCUT2D eigenvalue weighted by molar-refractivity contribution is -0.137. The highest BCUT2D eigenvalue weighted by atomic mass is 35.5. The van der Waals surface area contributed by atoms with Gasteiger partial charge in [0.25, 0.3) is 0 Å². The van der Waals surface area contributed by atoms with E-state index in [4.69, 9.17) is 21.3 Å². The molecular weight excluding hydrogens is 494 g/mol. The van der Waals surface area contributed by atoms with E-state index in [2.05, 4.69) is 23.5 Å². The van der Waals surface area contributed by atoms with Gasteiger partial charge in [0, 0.05) is 23.8 Å². The summed E-state index contributed by atoms with van der Waals surface area (Å²) in [4.78, 5) is 21.5. The number of piperidine rings is 1. The van der Waals surface area contributed by atoms with Crippen LogP contribution in [0.4, 0.5) is 11.4 Å². The topological polar surface area (TPSA) is 53.9 Å². The minimum atomic E-state index is -0.689. The van der Waals surface area contributed by atoms with Crippen LogP contribution in [0.15, 0.2) is 108 Å². The van der Waals surface area contributed by atoms with Gasteiger partial charge in [-0.3, -0.25) is 4.79 Å². The molecule has 2 aliphatic heterocycles. The van der Waals surface area contributed by atoms with E-state index in [0.717, 1.165) is 39.7 Å². The lowest BCUT2D eigenvalue weighted by atomic mass is 9.62. The van der Waals surface area contributed by atoms with Crippen LogP contribution < -0.4 is 10.1 Å². The first kappa shape index (κ1) is 24.3. The third-order valence-electron chi connectivity index (χ3n) is 7.65. The minimum absolute atomic E-state index is 0.0501. The van der Waals surface area contributed by atoms with Crippen LogP contribution in [-0.2, 0) is 16.8 Å². The summed E-state index contributed by atoms with van der Waals surface area (Å²) in [6.07, 6.45) is 0.709. The summed E-state index contributed by atoms with van der Waals surface area (Å²) >= 11 is 6.82. The van der Waals surface area contributed by atoms with Crippen molar-refractivity contribution in [1.29, 1.82) is 0 Å². The Morgan fingerprint density at radius 2 is 1.66 bits per heavy atom. The Hall–Kier alpha value is -4.09. The second-order valence-electron chi connectivity index (χ2n) is 9.75. The largest absolute Gasteiger partial charge is 0.497 e. The lowest BCUT2D eigenvalue weighted by Gasteiger charge is -2.46. The second-order valence-corrected chi connectivity index (χ2v) is 10.2. The van der Waals surface area contributed by atoms with Gasteiger partial charge in [-0.05, 0) is 59.5 Å². The number of ether oxygens (including phenoxy) is 1. The van der Waals surface area contributed by atoms with Crippen LogP contribution in [0.3, 0.4) is 0 Å². The highest BCUT2D eigenvalue weighted by molar-refractivity contribution is 6.32. The van der Waals surface area contributed by atoms with E-state index in [9.17, 15) is 4.79 Å². The molecule has 1 N–H and O–H groups in total. The normalized spacial score (nSPS) is 20.3. The zero-order valence-corrected chi connectivity index (χ0v) is 21.9. The standard InChI is InChI=1S/C32H28ClN3O2/c1-38-24-17-15-23(16-18-24)34-31-32(26-12-6-8-14-28(26)35-31)19-20-36(21-22-9-3-2-4-10-22)30(37)29(32)25-11-5-7-13-27(25)33/h2-18,29H,19-21H2,1H3,(H,34,35)/t29-,32+/m1/s1. The maximum Gasteiger partial charge on any atom is 0.231 e. The molecule has 0 unspecified atom stereocenters. The Labute approximate surface area is 227 Å². The summed E-state index contributed by atoms with van der Waals surface area (Å²) in [7, 11) is 1.65. The van der Waals surface area contributed by atoms with Crippen LogP contribution in [0, 0.1) is 0 Å². The molecular formula is C32H28ClN3O2. The third kappa shape index (κ3) is 4.13. The molecule has 1 spiro atoms. The van der Waals surface area contributed by atoms with Gasteiger partial charge >= 0.3 is 0 Å². The van der Waals surface area contributed by atoms with E-state index in [1.165, 1.54) is 0 Å². The highest BCUT2D eigenvalue weighted by Gasteiger charge is 2.57. The Morgan fingerprint density at radius 3 is 2.42 bits per heavy atom. The first-order valence-electron chi connectivity index (χ1n) is 12.8. The monoisotopic (exact) mass is 521 g/mol. The molecule has 0 aromatic heterocycles. The minimum Gasteiger partial charge on any atom is -0.497 e. The van der Waals surface area contributed by atoms with Crippen molar-refractivity contribution in [2.24, 2.45) is 4.99 Å². The molecule has 2 atom stereocenters. The fourth-order valence-corrected chi connectivity index (χ4v) is 6.06. The molecule has 0 aliphatic carbocycles. The van der Waals surface area contributed by atoms with E-state index >= 15 is 0 Å². The van der Waals surface area contributed by atoms with Gasteiger partial charge in [-0.25, -0.2) is 4.99 Å². The summed E-state index contributed by atoms with van der Waals surface area (Å²) in [6, 6.07) is 33.7. The molecule has 1 saturated heterocycles. The van der Waals surface area contributed by atoms with E-state index in [-0.39, 0.29) is 5.91 Å². The molecule has 2 aliphatic rings. The number of anilines is 1. The number of hydrogen-bond acceptors (Lipinski definition) is 4. The number of aliphatic imine (C=N–C) groups is 1. The first-order valence-corrected chi connectivity index (χ1v) is 13.1. The second kappa shape index (κ2) is 9.99. The van der Waals surface area contributed by atoms with Crippen molar-refractivity contribution < 1.29 is 9.53 Å². The molecule has 4 aromatic rings. The van der Waals surface area contributed by atoms with Gasteiger partial charge in [0.2, 0.25) is 5.91 Å². The maximum absolute atomic E-state index is 14.5. The summed E-state index contributed by atoms with van der Waals surface area (Å²) in [5, 5.41) is 4.17. The van der Waals surface area contributed by atoms with Crippen molar-refractivity contribution in [3.63, 3.8) is 0 Å². The van der Waals surface area contributed by atoms with Gasteiger partial charge in [-0.15, -0.1) is 0 Å². The number of likely N-dealkylation sites (tertiary alicyclic amines) is 1. The summed E-state index contributed by atoms with van der Waals surface area (Å²) in [5.74, 6) is 1.05. The molecule has 0 bridgehead atoms. The van der Waals surface area contributed by atoms with Crippen molar-refractivity contribution in [2.45, 2.75) is 24.3 Å². The van der Waals surface area contributed by atoms with Gasteiger partial charge in [-0.1, -0.05) is 78.3 Å². The molecule has 2 heterocycles. The molecule has 4 aromatic carbocycles. The molecule has 0 radical (unpaired) electrons. The van der Waals surface area contributed by atoms with E-state index < -0.39 is 11.3 Å². The summed E-state index contributed by atoms with van der Waals surface area (Å²) < 4.78 is 5.34. The number of amidine groups is 1. The van der Waals surface area contributed by atoms with Crippen molar-refractivity contribution in [1.82, 2.24) is 4.90 Å². The number of carbonyl (C=O) groups excluding carboxylic acids is 1. The average Bonchev–Trinajstić information content (AvgIpc) is 3.25. The van der Waals surface area contributed by atoms with Gasteiger partial charge in [0.15, 0.2) is 0 Å². The fourth-order valence-electron chi connectivity index (χ4n) is 5.82. The third-order valence-corrected chi connectivity index (χ3v) is 8.00. The van der Waals surface area contributed by atoms with Crippen LogP contribution >= 0.6 is 11.6 Å². The van der Waals surface area contributed by atoms with Gasteiger partial charge in [0.1, 0.15) is 11.6 Å². The molecule has 38 heavy (non-hydrogen) atoms. The average molecular weight is 522 g/mol. The number of methoxy groups -OCH3 is 1. The van der Waals surface area contributed by atoms with Gasteiger partial charge < -0.3 is 15.0 Å². The lowest BCUT2D eigenvalue weighted by Crippen LogP contribution is -2.56. The Kier molecular flexibility index (Phi) is 6.38. The molecule has 1 amide bonds. The molecule has 6 heteroatoms. The number of rotatable bonds is 5. The first-order chi connectivity index (χ1) is 18.6. The number of nitrogens with one attached hydrogen (secondary N) is 1. The number of halogens is 1. The van der Waals surface area contributed by atoms with Crippen LogP contribution in [0.25, 0.3) is 0 Å². The van der Waals surface area contributed by atoms with Crippen LogP contribution in [-0.4, -0.2) is 30.3 Å². The van der Waals surface area contributed by atoms with E-state index in [0.29, 0.717) is 24.5 Å². The molecule has 6 rings (SSSR count). The molecule has 190 valence electrons. The van der Waals surface area contributed by atoms with Crippen molar-refractivity contribution in [2.75, 3.05) is 19.0 Å². The highest BCUT2D eigenvalue weighted by Crippen LogP contribution is 2.54. The SMILES string of the molecule is COc1ccc(NC2=Nc3ccccc3[C@]23CCN(Cc2ccccc2)C(=O)[C@H]3c2ccccc2Cl)cc1. The zero-order valence-electron chi connectivity index (χ0n) is 21.1. The Bertz CT molecular complexity index is 1500. The smallest absolute Gasteiger partial charge is 0.231 e. The predicted molar refractivity (Wildman–Crippen MR) is 153 cm³/mol. The molecule has 1 fully saturated rings. The molecule has 5 nitrogen and oxygen atoms in total. The van der Waals surface area contributed by atoms with E-state index in [1.54, 1.807) is 7.11 Å². The number of hydrogen-bond donors (Lipinski definition) is 1. The van der Waals surface area contributed by atoms with Crippen LogP contribution in [0.1, 0.15) is 29.0 Å². The van der Waals surface area contributed by atoms with Crippen molar-refractivity contribution in [3.05, 3.63) is 125 Å². The van der Waals surface area contributed by atoms with Crippen LogP contribution in [0.5, 0.6) is 5.75 Å². The van der Waals surface area contributed by atoms with E-state index in [1.807, 2.05) is 89.8 Å². The zero-order chi connectivity index (χ0) is 26.1. The Morgan fingerprint density at radius 1 is 0.947 bits per heavy atom. The molecule has 0 saturated carbocycles. The van der Waals surface area contributed by atoms with Crippen molar-refractivity contribution in [3.8, 4) is 5.75 Å². The summed E-state index contributed by atoms with van der Waals surface area (Å²) in [6.45, 7) is 1.16. The number of fused-ring (bicyclic) bond motifs is 2. The van der Waals surface area contributed by atoms with Gasteiger partial charge in [0.05, 0.1) is 24.1 Å². The number of carbonyl (C=O) groups is 1. The fraction of sp³-hybridized carbons (Fsp3) is 0.188. The number of benzene rings is 4. The summed E-state index contributed by atoms with van der Waals surface area (Å²) in [5.41, 5.74) is 4.04. The predicted octanol–water partition coefficient (Wildman–Crippen LogP) is 6.96. The van der Waals surface area contributed by atoms with Crippen molar-refractivity contribution >= 4 is 34.7 Å². The number of amides is 1. The Balaban J connectivity index is 1.48. The van der Waals surface area contributed by atoms with Crippen LogP contribution in [0.2, 0.25) is 5.02 Å². The van der Waals surface area contributed by atoms with Gasteiger partial charge in [-0.2, -0.15) is 0 Å². The number of para-hydroxylation sites is 1. The number of nitrogens with zero attached hydrogens (tertiary/aromatic N) is 2. The quantitative estimate of drug-likeness (QED) is 0.309.